The first-order valence-electron chi connectivity index (χ1n) is 8.07. The lowest BCUT2D eigenvalue weighted by Gasteiger charge is -2.22. The first-order valence-corrected chi connectivity index (χ1v) is 8.07. The summed E-state index contributed by atoms with van der Waals surface area (Å²) >= 11 is 0. The largest absolute Gasteiger partial charge is 0.373 e. The summed E-state index contributed by atoms with van der Waals surface area (Å²) in [7, 11) is 1.97. The highest BCUT2D eigenvalue weighted by atomic mass is 15.2. The van der Waals surface area contributed by atoms with E-state index in [1.54, 1.807) is 0 Å². The predicted octanol–water partition coefficient (Wildman–Crippen LogP) is 2.94. The quantitative estimate of drug-likeness (QED) is 0.918. The Morgan fingerprint density at radius 2 is 1.75 bits per heavy atom. The molecule has 0 amide bonds. The van der Waals surface area contributed by atoms with E-state index in [1.807, 2.05) is 7.05 Å². The van der Waals surface area contributed by atoms with Crippen LogP contribution in [0.1, 0.15) is 49.4 Å². The van der Waals surface area contributed by atoms with Crippen LogP contribution in [0.4, 0.5) is 11.6 Å². The lowest BCUT2D eigenvalue weighted by molar-refractivity contribution is 0.494. The van der Waals surface area contributed by atoms with Crippen molar-refractivity contribution in [2.24, 2.45) is 11.8 Å². The molecule has 1 aromatic heterocycles. The van der Waals surface area contributed by atoms with Gasteiger partial charge >= 0.3 is 0 Å². The number of hydrogen-bond acceptors (Lipinski definition) is 4. The average molecular weight is 272 g/mol. The van der Waals surface area contributed by atoms with Crippen LogP contribution in [-0.4, -0.2) is 30.1 Å². The summed E-state index contributed by atoms with van der Waals surface area (Å²) < 4.78 is 0. The number of nitrogens with one attached hydrogen (secondary N) is 1. The molecule has 1 aromatic rings. The van der Waals surface area contributed by atoms with Gasteiger partial charge < -0.3 is 10.2 Å². The Kier molecular flexibility index (Phi) is 2.86. The summed E-state index contributed by atoms with van der Waals surface area (Å²) in [6.45, 7) is 4.57. The van der Waals surface area contributed by atoms with E-state index < -0.39 is 0 Å². The Labute approximate surface area is 121 Å². The van der Waals surface area contributed by atoms with E-state index in [0.29, 0.717) is 5.92 Å². The summed E-state index contributed by atoms with van der Waals surface area (Å²) in [5.74, 6) is 5.71. The standard InChI is InChI=1S/C16H24N4/c1-10-14(17-2)18-15(11-6-7-11)19-16(10)20-8-12-4-3-5-13(12)9-20/h11-13H,3-9H2,1-2H3,(H,17,18,19). The number of hydrogen-bond donors (Lipinski definition) is 1. The van der Waals surface area contributed by atoms with Gasteiger partial charge in [-0.05, 0) is 44.4 Å². The van der Waals surface area contributed by atoms with Crippen molar-refractivity contribution >= 4 is 11.6 Å². The van der Waals surface area contributed by atoms with Gasteiger partial charge in [0.15, 0.2) is 0 Å². The van der Waals surface area contributed by atoms with Crippen LogP contribution in [0.5, 0.6) is 0 Å². The monoisotopic (exact) mass is 272 g/mol. The van der Waals surface area contributed by atoms with E-state index in [2.05, 4.69) is 17.1 Å². The van der Waals surface area contributed by atoms with Crippen LogP contribution < -0.4 is 10.2 Å². The molecule has 4 nitrogen and oxygen atoms in total. The van der Waals surface area contributed by atoms with Crippen molar-refractivity contribution < 1.29 is 0 Å². The maximum absolute atomic E-state index is 4.93. The second kappa shape index (κ2) is 4.61. The minimum absolute atomic E-state index is 0.614. The molecule has 3 aliphatic rings. The third-order valence-corrected chi connectivity index (χ3v) is 5.34. The molecule has 1 aliphatic heterocycles. The van der Waals surface area contributed by atoms with Gasteiger partial charge in [0.1, 0.15) is 17.5 Å². The molecule has 2 aliphatic carbocycles. The minimum atomic E-state index is 0.614. The van der Waals surface area contributed by atoms with Gasteiger partial charge in [-0.25, -0.2) is 9.97 Å². The van der Waals surface area contributed by atoms with Crippen molar-refractivity contribution in [3.05, 3.63) is 11.4 Å². The molecule has 2 atom stereocenters. The molecule has 20 heavy (non-hydrogen) atoms. The summed E-state index contributed by atoms with van der Waals surface area (Å²) in [6, 6.07) is 0. The van der Waals surface area contributed by atoms with Crippen molar-refractivity contribution in [3.63, 3.8) is 0 Å². The first-order chi connectivity index (χ1) is 9.76. The van der Waals surface area contributed by atoms with Gasteiger partial charge in [0.2, 0.25) is 0 Å². The molecule has 108 valence electrons. The maximum Gasteiger partial charge on any atom is 0.137 e. The third-order valence-electron chi connectivity index (χ3n) is 5.34. The van der Waals surface area contributed by atoms with Gasteiger partial charge in [0.25, 0.3) is 0 Å². The number of nitrogens with zero attached hydrogens (tertiary/aromatic N) is 3. The average Bonchev–Trinajstić information content (AvgIpc) is 3.07. The molecule has 2 unspecified atom stereocenters. The van der Waals surface area contributed by atoms with E-state index in [0.717, 1.165) is 23.5 Å². The number of rotatable bonds is 3. The Morgan fingerprint density at radius 1 is 1.05 bits per heavy atom. The van der Waals surface area contributed by atoms with Crippen LogP contribution in [0.2, 0.25) is 0 Å². The van der Waals surface area contributed by atoms with Gasteiger partial charge in [0.05, 0.1) is 0 Å². The predicted molar refractivity (Wildman–Crippen MR) is 81.3 cm³/mol. The maximum atomic E-state index is 4.93. The Morgan fingerprint density at radius 3 is 2.35 bits per heavy atom. The van der Waals surface area contributed by atoms with Crippen LogP contribution in [0.25, 0.3) is 0 Å². The molecule has 1 saturated heterocycles. The Hall–Kier alpha value is -1.32. The normalized spacial score (nSPS) is 28.8. The fraction of sp³-hybridized carbons (Fsp3) is 0.750. The number of anilines is 2. The highest BCUT2D eigenvalue weighted by Gasteiger charge is 2.38. The number of fused-ring (bicyclic) bond motifs is 1. The minimum Gasteiger partial charge on any atom is -0.373 e. The van der Waals surface area contributed by atoms with E-state index in [-0.39, 0.29) is 0 Å². The van der Waals surface area contributed by atoms with Gasteiger partial charge in [-0.2, -0.15) is 0 Å². The van der Waals surface area contributed by atoms with E-state index in [9.17, 15) is 0 Å². The summed E-state index contributed by atoms with van der Waals surface area (Å²) in [4.78, 5) is 12.2. The SMILES string of the molecule is CNc1nc(C2CC2)nc(N2CC3CCCC3C2)c1C. The van der Waals surface area contributed by atoms with Crippen LogP contribution in [-0.2, 0) is 0 Å². The fourth-order valence-corrected chi connectivity index (χ4v) is 4.01. The smallest absolute Gasteiger partial charge is 0.137 e. The molecule has 0 spiro atoms. The fourth-order valence-electron chi connectivity index (χ4n) is 4.01. The zero-order valence-corrected chi connectivity index (χ0v) is 12.5. The molecule has 1 N–H and O–H groups in total. The molecule has 3 fully saturated rings. The van der Waals surface area contributed by atoms with Crippen molar-refractivity contribution in [2.45, 2.75) is 44.9 Å². The molecule has 0 bridgehead atoms. The van der Waals surface area contributed by atoms with E-state index >= 15 is 0 Å². The van der Waals surface area contributed by atoms with Crippen LogP contribution >= 0.6 is 0 Å². The first kappa shape index (κ1) is 12.4. The zero-order chi connectivity index (χ0) is 13.7. The molecule has 2 saturated carbocycles. The zero-order valence-electron chi connectivity index (χ0n) is 12.5. The molecule has 4 rings (SSSR count). The van der Waals surface area contributed by atoms with Gasteiger partial charge in [-0.1, -0.05) is 6.42 Å². The lowest BCUT2D eigenvalue weighted by Crippen LogP contribution is -2.24. The van der Waals surface area contributed by atoms with Crippen molar-refractivity contribution in [1.82, 2.24) is 9.97 Å². The summed E-state index contributed by atoms with van der Waals surface area (Å²) in [5.41, 5.74) is 1.22. The molecule has 0 radical (unpaired) electrons. The highest BCUT2D eigenvalue weighted by molar-refractivity contribution is 5.59. The summed E-state index contributed by atoms with van der Waals surface area (Å²) in [6.07, 6.45) is 6.79. The molecule has 4 heteroatoms. The molecule has 0 aromatic carbocycles. The molecule has 2 heterocycles. The van der Waals surface area contributed by atoms with Crippen molar-refractivity contribution in [3.8, 4) is 0 Å². The van der Waals surface area contributed by atoms with Crippen molar-refractivity contribution in [1.29, 1.82) is 0 Å². The van der Waals surface area contributed by atoms with Gasteiger partial charge in [-0.3, -0.25) is 0 Å². The van der Waals surface area contributed by atoms with E-state index in [4.69, 9.17) is 9.97 Å². The van der Waals surface area contributed by atoms with Crippen LogP contribution in [0, 0.1) is 18.8 Å². The second-order valence-corrected chi connectivity index (χ2v) is 6.76. The number of aromatic nitrogens is 2. The third kappa shape index (κ3) is 1.97. The Bertz CT molecular complexity index is 511. The molecular formula is C16H24N4. The van der Waals surface area contributed by atoms with Crippen molar-refractivity contribution in [2.75, 3.05) is 30.4 Å². The Balaban J connectivity index is 1.67. The van der Waals surface area contributed by atoms with Gasteiger partial charge in [-0.15, -0.1) is 0 Å². The van der Waals surface area contributed by atoms with E-state index in [1.165, 1.54) is 56.6 Å². The lowest BCUT2D eigenvalue weighted by atomic mass is 10.0. The second-order valence-electron chi connectivity index (χ2n) is 6.76. The van der Waals surface area contributed by atoms with Gasteiger partial charge in [0, 0.05) is 31.6 Å². The topological polar surface area (TPSA) is 41.1 Å². The summed E-state index contributed by atoms with van der Waals surface area (Å²) in [5, 5.41) is 3.25. The highest BCUT2D eigenvalue weighted by Crippen LogP contribution is 2.43. The molecular weight excluding hydrogens is 248 g/mol. The van der Waals surface area contributed by atoms with Crippen LogP contribution in [0.3, 0.4) is 0 Å². The van der Waals surface area contributed by atoms with Crippen LogP contribution in [0.15, 0.2) is 0 Å².